The number of hydrogen-bond donors (Lipinski definition) is 1. The molecule has 1 aliphatic rings. The van der Waals surface area contributed by atoms with Crippen LogP contribution in [-0.2, 0) is 10.2 Å². The Morgan fingerprint density at radius 3 is 2.39 bits per heavy atom. The van der Waals surface area contributed by atoms with Gasteiger partial charge in [-0.15, -0.1) is 0 Å². The average Bonchev–Trinajstić information content (AvgIpc) is 2.36. The topological polar surface area (TPSA) is 66.6 Å². The molecule has 0 aliphatic carbocycles. The van der Waals surface area contributed by atoms with Gasteiger partial charge < -0.3 is 5.73 Å². The molecule has 1 heterocycles. The molecule has 0 amide bonds. The molecule has 1 unspecified atom stereocenters. The Hall–Kier alpha value is -0.240. The van der Waals surface area contributed by atoms with Crippen LogP contribution in [0.1, 0.15) is 33.1 Å². The van der Waals surface area contributed by atoms with Crippen LogP contribution in [0.5, 0.6) is 0 Å². The van der Waals surface area contributed by atoms with E-state index < -0.39 is 10.2 Å². The Morgan fingerprint density at radius 1 is 1.39 bits per heavy atom. The van der Waals surface area contributed by atoms with E-state index in [0.29, 0.717) is 31.2 Å². The molecule has 0 aromatic heterocycles. The number of hydrogen-bond acceptors (Lipinski definition) is 3. The van der Waals surface area contributed by atoms with Crippen molar-refractivity contribution in [3.8, 4) is 0 Å². The normalized spacial score (nSPS) is 19.9. The lowest BCUT2D eigenvalue weighted by atomic mass is 10.2. The van der Waals surface area contributed by atoms with Gasteiger partial charge in [-0.2, -0.15) is 17.0 Å². The molecule has 1 fully saturated rings. The Kier molecular flexibility index (Phi) is 5.97. The number of rotatable bonds is 6. The molecule has 0 aromatic rings. The van der Waals surface area contributed by atoms with Crippen molar-refractivity contribution in [1.82, 2.24) is 8.61 Å². The van der Waals surface area contributed by atoms with Crippen LogP contribution in [0, 0.1) is 5.92 Å². The van der Waals surface area contributed by atoms with Crippen molar-refractivity contribution in [3.05, 3.63) is 0 Å². The predicted octanol–water partition coefficient (Wildman–Crippen LogP) is 0.961. The van der Waals surface area contributed by atoms with Crippen molar-refractivity contribution >= 4 is 27.4 Å². The second kappa shape index (κ2) is 6.79. The van der Waals surface area contributed by atoms with Crippen molar-refractivity contribution in [2.45, 2.75) is 33.1 Å². The van der Waals surface area contributed by atoms with Crippen molar-refractivity contribution in [1.29, 1.82) is 0 Å². The van der Waals surface area contributed by atoms with Gasteiger partial charge in [0.1, 0.15) is 0 Å². The van der Waals surface area contributed by atoms with Gasteiger partial charge in [-0.25, -0.2) is 0 Å². The summed E-state index contributed by atoms with van der Waals surface area (Å²) in [5, 5.41) is 0. The summed E-state index contributed by atoms with van der Waals surface area (Å²) in [6.45, 7) is 5.77. The maximum atomic E-state index is 12.4. The lowest BCUT2D eigenvalue weighted by Gasteiger charge is -2.32. The minimum absolute atomic E-state index is 0.0977. The Morgan fingerprint density at radius 2 is 1.94 bits per heavy atom. The fourth-order valence-corrected chi connectivity index (χ4v) is 3.90. The highest BCUT2D eigenvalue weighted by molar-refractivity contribution is 7.86. The van der Waals surface area contributed by atoms with E-state index in [1.54, 1.807) is 4.31 Å². The molecule has 1 aliphatic heterocycles. The molecule has 2 N–H and O–H groups in total. The molecule has 0 spiro atoms. The first-order chi connectivity index (χ1) is 8.39. The van der Waals surface area contributed by atoms with Gasteiger partial charge in [0.25, 0.3) is 10.2 Å². The van der Waals surface area contributed by atoms with Gasteiger partial charge in [-0.1, -0.05) is 32.5 Å². The van der Waals surface area contributed by atoms with Crippen LogP contribution in [0.25, 0.3) is 0 Å². The van der Waals surface area contributed by atoms with Gasteiger partial charge in [0.15, 0.2) is 0 Å². The van der Waals surface area contributed by atoms with E-state index in [2.05, 4.69) is 0 Å². The summed E-state index contributed by atoms with van der Waals surface area (Å²) < 4.78 is 27.9. The third-order valence-electron chi connectivity index (χ3n) is 3.28. The van der Waals surface area contributed by atoms with Crippen LogP contribution < -0.4 is 5.73 Å². The van der Waals surface area contributed by atoms with Gasteiger partial charge in [-0.3, -0.25) is 0 Å². The lowest BCUT2D eigenvalue weighted by molar-refractivity contribution is 0.301. The highest BCUT2D eigenvalue weighted by atomic mass is 32.2. The average molecular weight is 293 g/mol. The van der Waals surface area contributed by atoms with Crippen LogP contribution in [0.3, 0.4) is 0 Å². The highest BCUT2D eigenvalue weighted by Gasteiger charge is 2.30. The zero-order chi connectivity index (χ0) is 13.8. The molecule has 18 heavy (non-hydrogen) atoms. The predicted molar refractivity (Wildman–Crippen MR) is 77.5 cm³/mol. The largest absolute Gasteiger partial charge is 0.393 e. The van der Waals surface area contributed by atoms with E-state index in [1.165, 1.54) is 4.31 Å². The molecular formula is C11H23N3O2S2. The van der Waals surface area contributed by atoms with Crippen LogP contribution in [0.15, 0.2) is 0 Å². The van der Waals surface area contributed by atoms with E-state index in [0.717, 1.165) is 19.3 Å². The SMILES string of the molecule is CCN(CC(C)C(N)=S)S(=O)(=O)N1CCCCC1. The minimum atomic E-state index is -3.35. The maximum Gasteiger partial charge on any atom is 0.281 e. The number of nitrogens with zero attached hydrogens (tertiary/aromatic N) is 2. The van der Waals surface area contributed by atoms with Gasteiger partial charge in [0.05, 0.1) is 4.99 Å². The van der Waals surface area contributed by atoms with Crippen LogP contribution in [0.4, 0.5) is 0 Å². The monoisotopic (exact) mass is 293 g/mol. The van der Waals surface area contributed by atoms with Crippen LogP contribution >= 0.6 is 12.2 Å². The minimum Gasteiger partial charge on any atom is -0.393 e. The third kappa shape index (κ3) is 3.88. The molecule has 0 aromatic carbocycles. The van der Waals surface area contributed by atoms with Gasteiger partial charge >= 0.3 is 0 Å². The van der Waals surface area contributed by atoms with E-state index in [1.807, 2.05) is 13.8 Å². The van der Waals surface area contributed by atoms with Crippen molar-refractivity contribution in [2.75, 3.05) is 26.2 Å². The molecule has 0 radical (unpaired) electrons. The summed E-state index contributed by atoms with van der Waals surface area (Å²) in [5.41, 5.74) is 5.56. The number of thiocarbonyl (C=S) groups is 1. The Balaban J connectivity index is 2.75. The fraction of sp³-hybridized carbons (Fsp3) is 0.909. The van der Waals surface area contributed by atoms with Crippen LogP contribution in [0.2, 0.25) is 0 Å². The van der Waals surface area contributed by atoms with Crippen molar-refractivity contribution in [2.24, 2.45) is 11.7 Å². The van der Waals surface area contributed by atoms with E-state index in [-0.39, 0.29) is 5.92 Å². The molecule has 1 saturated heterocycles. The summed E-state index contributed by atoms with van der Waals surface area (Å²) in [6, 6.07) is 0. The van der Waals surface area contributed by atoms with Crippen LogP contribution in [-0.4, -0.2) is 48.2 Å². The lowest BCUT2D eigenvalue weighted by Crippen LogP contribution is -2.48. The first-order valence-corrected chi connectivity index (χ1v) is 8.24. The van der Waals surface area contributed by atoms with E-state index in [4.69, 9.17) is 18.0 Å². The number of piperidine rings is 1. The van der Waals surface area contributed by atoms with Crippen molar-refractivity contribution in [3.63, 3.8) is 0 Å². The molecule has 106 valence electrons. The summed E-state index contributed by atoms with van der Waals surface area (Å²) >= 11 is 4.91. The molecule has 5 nitrogen and oxygen atoms in total. The quantitative estimate of drug-likeness (QED) is 0.741. The van der Waals surface area contributed by atoms with Gasteiger partial charge in [0, 0.05) is 32.1 Å². The molecule has 0 bridgehead atoms. The zero-order valence-electron chi connectivity index (χ0n) is 11.1. The van der Waals surface area contributed by atoms with Gasteiger partial charge in [0.2, 0.25) is 0 Å². The summed E-state index contributed by atoms with van der Waals surface area (Å²) in [4.78, 5) is 0.363. The Bertz CT molecular complexity index is 378. The number of nitrogens with two attached hydrogens (primary N) is 1. The van der Waals surface area contributed by atoms with Gasteiger partial charge in [-0.05, 0) is 12.8 Å². The Labute approximate surface area is 115 Å². The standard InChI is InChI=1S/C11H23N3O2S2/c1-3-13(9-10(2)11(12)17)18(15,16)14-7-5-4-6-8-14/h10H,3-9H2,1-2H3,(H2,12,17). The third-order valence-corrected chi connectivity index (χ3v) is 5.76. The summed E-state index contributed by atoms with van der Waals surface area (Å²) in [7, 11) is -3.35. The first kappa shape index (κ1) is 15.8. The zero-order valence-corrected chi connectivity index (χ0v) is 12.8. The van der Waals surface area contributed by atoms with E-state index >= 15 is 0 Å². The molecule has 1 atom stereocenters. The maximum absolute atomic E-state index is 12.4. The molecule has 0 saturated carbocycles. The molecule has 1 rings (SSSR count). The first-order valence-electron chi connectivity index (χ1n) is 6.44. The summed E-state index contributed by atoms with van der Waals surface area (Å²) in [6.07, 6.45) is 3.00. The second-order valence-corrected chi connectivity index (χ2v) is 7.12. The second-order valence-electron chi connectivity index (χ2n) is 4.72. The highest BCUT2D eigenvalue weighted by Crippen LogP contribution is 2.17. The van der Waals surface area contributed by atoms with E-state index in [9.17, 15) is 8.42 Å². The van der Waals surface area contributed by atoms with Crippen molar-refractivity contribution < 1.29 is 8.42 Å². The summed E-state index contributed by atoms with van der Waals surface area (Å²) in [5.74, 6) is -0.0977. The molecule has 7 heteroatoms. The fourth-order valence-electron chi connectivity index (χ4n) is 2.04. The smallest absolute Gasteiger partial charge is 0.281 e. The molecular weight excluding hydrogens is 270 g/mol.